The van der Waals surface area contributed by atoms with E-state index in [1.807, 2.05) is 11.3 Å². The number of hydrogen-bond acceptors (Lipinski definition) is 3. The van der Waals surface area contributed by atoms with E-state index >= 15 is 0 Å². The standard InChI is InChI=1S/C15H25NOS/c1-3-16-14(12-8-6-4-5-7-9-12)15-13(17-2)10-11-18-15/h10-12,14,16H,3-9H2,1-2H3. The molecule has 1 N–H and O–H groups in total. The van der Waals surface area contributed by atoms with Gasteiger partial charge in [0.2, 0.25) is 0 Å². The van der Waals surface area contributed by atoms with Crippen LogP contribution in [0.4, 0.5) is 0 Å². The zero-order chi connectivity index (χ0) is 12.8. The minimum absolute atomic E-state index is 0.489. The number of nitrogens with one attached hydrogen (secondary N) is 1. The predicted octanol–water partition coefficient (Wildman–Crippen LogP) is 4.38. The molecule has 0 aliphatic heterocycles. The van der Waals surface area contributed by atoms with Crippen LogP contribution in [0, 0.1) is 5.92 Å². The maximum Gasteiger partial charge on any atom is 0.134 e. The molecule has 0 radical (unpaired) electrons. The van der Waals surface area contributed by atoms with Crippen molar-refractivity contribution >= 4 is 11.3 Å². The second kappa shape index (κ2) is 7.15. The number of methoxy groups -OCH3 is 1. The Hall–Kier alpha value is -0.540. The SMILES string of the molecule is CCNC(c1sccc1OC)C1CCCCCC1. The lowest BCUT2D eigenvalue weighted by Gasteiger charge is -2.26. The molecular weight excluding hydrogens is 242 g/mol. The van der Waals surface area contributed by atoms with E-state index in [0.29, 0.717) is 6.04 Å². The Balaban J connectivity index is 2.15. The van der Waals surface area contributed by atoms with Crippen molar-refractivity contribution in [2.75, 3.05) is 13.7 Å². The third kappa shape index (κ3) is 3.27. The first-order valence-electron chi connectivity index (χ1n) is 7.21. The quantitative estimate of drug-likeness (QED) is 0.799. The van der Waals surface area contributed by atoms with Crippen LogP contribution < -0.4 is 10.1 Å². The lowest BCUT2D eigenvalue weighted by molar-refractivity contribution is 0.322. The number of thiophene rings is 1. The first-order chi connectivity index (χ1) is 8.86. The highest BCUT2D eigenvalue weighted by molar-refractivity contribution is 7.10. The molecule has 0 spiro atoms. The van der Waals surface area contributed by atoms with Gasteiger partial charge in [0, 0.05) is 6.04 Å². The van der Waals surface area contributed by atoms with Gasteiger partial charge in [0.05, 0.1) is 12.0 Å². The molecule has 1 unspecified atom stereocenters. The lowest BCUT2D eigenvalue weighted by Crippen LogP contribution is -2.27. The van der Waals surface area contributed by atoms with Gasteiger partial charge in [-0.2, -0.15) is 0 Å². The Morgan fingerprint density at radius 3 is 2.67 bits per heavy atom. The zero-order valence-electron chi connectivity index (χ0n) is 11.6. The van der Waals surface area contributed by atoms with E-state index < -0.39 is 0 Å². The maximum atomic E-state index is 5.51. The zero-order valence-corrected chi connectivity index (χ0v) is 12.4. The summed E-state index contributed by atoms with van der Waals surface area (Å²) in [5.41, 5.74) is 0. The molecule has 2 rings (SSSR count). The second-order valence-electron chi connectivity index (χ2n) is 5.14. The number of hydrogen-bond donors (Lipinski definition) is 1. The highest BCUT2D eigenvalue weighted by Gasteiger charge is 2.26. The summed E-state index contributed by atoms with van der Waals surface area (Å²) in [6, 6.07) is 2.59. The third-order valence-corrected chi connectivity index (χ3v) is 4.94. The van der Waals surface area contributed by atoms with Gasteiger partial charge >= 0.3 is 0 Å². The Morgan fingerprint density at radius 1 is 1.33 bits per heavy atom. The molecule has 1 aliphatic rings. The van der Waals surface area contributed by atoms with E-state index in [1.54, 1.807) is 7.11 Å². The summed E-state index contributed by atoms with van der Waals surface area (Å²) in [6.07, 6.45) is 8.33. The summed E-state index contributed by atoms with van der Waals surface area (Å²) in [4.78, 5) is 1.39. The van der Waals surface area contributed by atoms with Crippen LogP contribution in [0.25, 0.3) is 0 Å². The fourth-order valence-electron chi connectivity index (χ4n) is 3.04. The monoisotopic (exact) mass is 267 g/mol. The van der Waals surface area contributed by atoms with Crippen molar-refractivity contribution in [1.82, 2.24) is 5.32 Å². The average Bonchev–Trinajstić information content (AvgIpc) is 2.69. The summed E-state index contributed by atoms with van der Waals surface area (Å²) in [5.74, 6) is 1.84. The van der Waals surface area contributed by atoms with Gasteiger partial charge < -0.3 is 10.1 Å². The van der Waals surface area contributed by atoms with Gasteiger partial charge in [-0.25, -0.2) is 0 Å². The average molecular weight is 267 g/mol. The summed E-state index contributed by atoms with van der Waals surface area (Å²) >= 11 is 1.84. The van der Waals surface area contributed by atoms with Crippen molar-refractivity contribution in [2.45, 2.75) is 51.5 Å². The lowest BCUT2D eigenvalue weighted by atomic mass is 9.90. The van der Waals surface area contributed by atoms with Gasteiger partial charge in [-0.15, -0.1) is 11.3 Å². The van der Waals surface area contributed by atoms with Crippen molar-refractivity contribution in [3.8, 4) is 5.75 Å². The number of ether oxygens (including phenoxy) is 1. The third-order valence-electron chi connectivity index (χ3n) is 3.95. The Morgan fingerprint density at radius 2 is 2.06 bits per heavy atom. The van der Waals surface area contributed by atoms with Crippen LogP contribution in [0.2, 0.25) is 0 Å². The van der Waals surface area contributed by atoms with E-state index in [0.717, 1.165) is 18.2 Å². The molecule has 1 aromatic heterocycles. The summed E-state index contributed by atoms with van der Waals surface area (Å²) in [5, 5.41) is 5.84. The molecule has 0 aromatic carbocycles. The van der Waals surface area contributed by atoms with Gasteiger partial charge in [0.15, 0.2) is 0 Å². The van der Waals surface area contributed by atoms with Crippen molar-refractivity contribution in [1.29, 1.82) is 0 Å². The normalized spacial score (nSPS) is 19.4. The first kappa shape index (κ1) is 13.9. The summed E-state index contributed by atoms with van der Waals surface area (Å²) in [7, 11) is 1.78. The van der Waals surface area contributed by atoms with Crippen molar-refractivity contribution in [3.63, 3.8) is 0 Å². The molecule has 18 heavy (non-hydrogen) atoms. The number of rotatable bonds is 5. The van der Waals surface area contributed by atoms with Crippen LogP contribution >= 0.6 is 11.3 Å². The summed E-state index contributed by atoms with van der Waals surface area (Å²) in [6.45, 7) is 3.23. The predicted molar refractivity (Wildman–Crippen MR) is 78.5 cm³/mol. The van der Waals surface area contributed by atoms with Crippen LogP contribution in [0.5, 0.6) is 5.75 Å². The first-order valence-corrected chi connectivity index (χ1v) is 8.09. The van der Waals surface area contributed by atoms with Crippen LogP contribution in [0.15, 0.2) is 11.4 Å². The van der Waals surface area contributed by atoms with E-state index in [9.17, 15) is 0 Å². The Bertz CT molecular complexity index is 342. The Kier molecular flexibility index (Phi) is 5.51. The fraction of sp³-hybridized carbons (Fsp3) is 0.733. The molecule has 2 nitrogen and oxygen atoms in total. The van der Waals surface area contributed by atoms with Gasteiger partial charge in [0.25, 0.3) is 0 Å². The molecule has 1 aromatic rings. The van der Waals surface area contributed by atoms with Crippen LogP contribution in [0.1, 0.15) is 56.4 Å². The molecule has 0 bridgehead atoms. The van der Waals surface area contributed by atoms with Gasteiger partial charge in [-0.05, 0) is 36.8 Å². The molecule has 1 saturated carbocycles. The van der Waals surface area contributed by atoms with E-state index in [-0.39, 0.29) is 0 Å². The van der Waals surface area contributed by atoms with Crippen LogP contribution in [-0.4, -0.2) is 13.7 Å². The van der Waals surface area contributed by atoms with Crippen molar-refractivity contribution < 1.29 is 4.74 Å². The molecule has 1 atom stereocenters. The smallest absolute Gasteiger partial charge is 0.134 e. The topological polar surface area (TPSA) is 21.3 Å². The minimum Gasteiger partial charge on any atom is -0.496 e. The van der Waals surface area contributed by atoms with Crippen LogP contribution in [-0.2, 0) is 0 Å². The molecule has 0 amide bonds. The van der Waals surface area contributed by atoms with Crippen LogP contribution in [0.3, 0.4) is 0 Å². The van der Waals surface area contributed by atoms with Crippen molar-refractivity contribution in [3.05, 3.63) is 16.3 Å². The molecule has 1 fully saturated rings. The highest BCUT2D eigenvalue weighted by Crippen LogP contribution is 2.39. The largest absolute Gasteiger partial charge is 0.496 e. The van der Waals surface area contributed by atoms with Gasteiger partial charge in [-0.3, -0.25) is 0 Å². The van der Waals surface area contributed by atoms with Gasteiger partial charge in [0.1, 0.15) is 5.75 Å². The Labute approximate surface area is 115 Å². The highest BCUT2D eigenvalue weighted by atomic mass is 32.1. The summed E-state index contributed by atoms with van der Waals surface area (Å²) < 4.78 is 5.51. The van der Waals surface area contributed by atoms with Gasteiger partial charge in [-0.1, -0.05) is 32.6 Å². The van der Waals surface area contributed by atoms with E-state index in [4.69, 9.17) is 4.74 Å². The molecule has 3 heteroatoms. The molecular formula is C15H25NOS. The van der Waals surface area contributed by atoms with E-state index in [1.165, 1.54) is 43.4 Å². The molecule has 0 saturated heterocycles. The minimum atomic E-state index is 0.489. The molecule has 1 aliphatic carbocycles. The second-order valence-corrected chi connectivity index (χ2v) is 6.09. The maximum absolute atomic E-state index is 5.51. The fourth-order valence-corrected chi connectivity index (χ4v) is 4.07. The van der Waals surface area contributed by atoms with E-state index in [2.05, 4.69) is 23.7 Å². The van der Waals surface area contributed by atoms with Crippen molar-refractivity contribution in [2.24, 2.45) is 5.92 Å². The molecule has 1 heterocycles. The molecule has 102 valence electrons.